The fourth-order valence-electron chi connectivity index (χ4n) is 3.10. The summed E-state index contributed by atoms with van der Waals surface area (Å²) in [5.41, 5.74) is 0. The van der Waals surface area contributed by atoms with Gasteiger partial charge in [-0.25, -0.2) is 0 Å². The lowest BCUT2D eigenvalue weighted by atomic mass is 9.83. The molecule has 0 bridgehead atoms. The van der Waals surface area contributed by atoms with E-state index in [0.717, 1.165) is 12.5 Å². The Morgan fingerprint density at radius 2 is 2.05 bits per heavy atom. The molecule has 0 aliphatic heterocycles. The van der Waals surface area contributed by atoms with E-state index < -0.39 is 0 Å². The first-order valence-corrected chi connectivity index (χ1v) is 8.51. The highest BCUT2D eigenvalue weighted by atomic mass is 32.2. The zero-order chi connectivity index (χ0) is 13.5. The van der Waals surface area contributed by atoms with Crippen molar-refractivity contribution in [3.8, 4) is 0 Å². The van der Waals surface area contributed by atoms with Crippen molar-refractivity contribution in [2.24, 2.45) is 5.92 Å². The normalized spacial score (nSPS) is 27.4. The third-order valence-corrected chi connectivity index (χ3v) is 5.37. The minimum atomic E-state index is 0.677. The van der Waals surface area contributed by atoms with Gasteiger partial charge in [-0.15, -0.1) is 11.8 Å². The molecule has 1 heterocycles. The van der Waals surface area contributed by atoms with Gasteiger partial charge in [0, 0.05) is 28.6 Å². The van der Waals surface area contributed by atoms with Crippen LogP contribution >= 0.6 is 11.8 Å². The second-order valence-electron chi connectivity index (χ2n) is 5.47. The Labute approximate surface area is 121 Å². The van der Waals surface area contributed by atoms with Gasteiger partial charge in [-0.3, -0.25) is 4.98 Å². The fraction of sp³-hybridized carbons (Fsp3) is 0.688. The van der Waals surface area contributed by atoms with Crippen LogP contribution in [0.25, 0.3) is 0 Å². The van der Waals surface area contributed by atoms with Crippen molar-refractivity contribution in [2.75, 3.05) is 6.54 Å². The van der Waals surface area contributed by atoms with Crippen LogP contribution in [-0.4, -0.2) is 22.8 Å². The zero-order valence-corrected chi connectivity index (χ0v) is 13.0. The summed E-state index contributed by atoms with van der Waals surface area (Å²) in [5, 5.41) is 4.40. The van der Waals surface area contributed by atoms with Gasteiger partial charge in [0.15, 0.2) is 0 Å². The van der Waals surface area contributed by atoms with Crippen molar-refractivity contribution >= 4 is 11.8 Å². The van der Waals surface area contributed by atoms with Crippen LogP contribution in [0.5, 0.6) is 0 Å². The van der Waals surface area contributed by atoms with Crippen LogP contribution in [0.3, 0.4) is 0 Å². The molecule has 1 saturated carbocycles. The molecule has 3 atom stereocenters. The predicted octanol–water partition coefficient (Wildman–Crippen LogP) is 4.12. The summed E-state index contributed by atoms with van der Waals surface area (Å²) >= 11 is 2.04. The average Bonchev–Trinajstić information content (AvgIpc) is 2.43. The van der Waals surface area contributed by atoms with Crippen LogP contribution in [0.2, 0.25) is 0 Å². The Hall–Kier alpha value is -0.540. The first kappa shape index (κ1) is 14.9. The van der Waals surface area contributed by atoms with E-state index in [4.69, 9.17) is 0 Å². The Morgan fingerprint density at radius 1 is 1.26 bits per heavy atom. The van der Waals surface area contributed by atoms with Gasteiger partial charge >= 0.3 is 0 Å². The molecule has 1 N–H and O–H groups in total. The van der Waals surface area contributed by atoms with Gasteiger partial charge in [-0.05, 0) is 43.9 Å². The van der Waals surface area contributed by atoms with E-state index in [1.807, 2.05) is 24.2 Å². The molecule has 106 valence electrons. The van der Waals surface area contributed by atoms with E-state index in [9.17, 15) is 0 Å². The zero-order valence-electron chi connectivity index (χ0n) is 12.1. The third-order valence-electron chi connectivity index (χ3n) is 4.00. The van der Waals surface area contributed by atoms with E-state index in [1.165, 1.54) is 37.0 Å². The first-order valence-electron chi connectivity index (χ1n) is 7.63. The molecule has 0 saturated heterocycles. The van der Waals surface area contributed by atoms with Crippen LogP contribution < -0.4 is 5.32 Å². The van der Waals surface area contributed by atoms with E-state index in [0.29, 0.717) is 11.3 Å². The predicted molar refractivity (Wildman–Crippen MR) is 83.6 cm³/mol. The molecule has 3 unspecified atom stereocenters. The summed E-state index contributed by atoms with van der Waals surface area (Å²) < 4.78 is 0. The summed E-state index contributed by atoms with van der Waals surface area (Å²) in [6.07, 6.45) is 10.6. The SMILES string of the molecule is CCCC1CCC(NCC)C(Sc2ccncc2)C1. The van der Waals surface area contributed by atoms with Gasteiger partial charge in [0.2, 0.25) is 0 Å². The van der Waals surface area contributed by atoms with Gasteiger partial charge in [0.05, 0.1) is 0 Å². The molecule has 2 rings (SSSR count). The third kappa shape index (κ3) is 4.50. The first-order chi connectivity index (χ1) is 9.33. The van der Waals surface area contributed by atoms with Crippen LogP contribution in [0.15, 0.2) is 29.4 Å². The van der Waals surface area contributed by atoms with Crippen LogP contribution in [0.4, 0.5) is 0 Å². The van der Waals surface area contributed by atoms with Crippen LogP contribution in [0, 0.1) is 5.92 Å². The molecule has 1 aromatic rings. The van der Waals surface area contributed by atoms with E-state index in [-0.39, 0.29) is 0 Å². The average molecular weight is 278 g/mol. The lowest BCUT2D eigenvalue weighted by Crippen LogP contribution is -2.42. The second kappa shape index (κ2) is 7.91. The highest BCUT2D eigenvalue weighted by Crippen LogP contribution is 2.37. The standard InChI is InChI=1S/C16H26N2S/c1-3-5-13-6-7-15(18-4-2)16(12-13)19-14-8-10-17-11-9-14/h8-11,13,15-16,18H,3-7,12H2,1-2H3. The molecular weight excluding hydrogens is 252 g/mol. The molecule has 3 heteroatoms. The van der Waals surface area contributed by atoms with Gasteiger partial charge in [0.1, 0.15) is 0 Å². The number of nitrogens with zero attached hydrogens (tertiary/aromatic N) is 1. The lowest BCUT2D eigenvalue weighted by Gasteiger charge is -2.36. The molecule has 19 heavy (non-hydrogen) atoms. The number of thioether (sulfide) groups is 1. The summed E-state index contributed by atoms with van der Waals surface area (Å²) in [6.45, 7) is 5.60. The van der Waals surface area contributed by atoms with Gasteiger partial charge in [-0.1, -0.05) is 26.7 Å². The van der Waals surface area contributed by atoms with Crippen molar-refractivity contribution in [1.82, 2.24) is 10.3 Å². The lowest BCUT2D eigenvalue weighted by molar-refractivity contribution is 0.289. The topological polar surface area (TPSA) is 24.9 Å². The fourth-order valence-corrected chi connectivity index (χ4v) is 4.49. The highest BCUT2D eigenvalue weighted by Gasteiger charge is 2.30. The maximum absolute atomic E-state index is 4.11. The molecule has 2 nitrogen and oxygen atoms in total. The van der Waals surface area contributed by atoms with Gasteiger partial charge in [-0.2, -0.15) is 0 Å². The minimum absolute atomic E-state index is 0.677. The Bertz CT molecular complexity index is 355. The monoisotopic (exact) mass is 278 g/mol. The van der Waals surface area contributed by atoms with Crippen molar-refractivity contribution < 1.29 is 0 Å². The summed E-state index contributed by atoms with van der Waals surface area (Å²) in [5.74, 6) is 0.930. The van der Waals surface area contributed by atoms with Gasteiger partial charge in [0.25, 0.3) is 0 Å². The highest BCUT2D eigenvalue weighted by molar-refractivity contribution is 8.00. The second-order valence-corrected chi connectivity index (χ2v) is 6.78. The summed E-state index contributed by atoms with van der Waals surface area (Å²) in [7, 11) is 0. The van der Waals surface area contributed by atoms with Crippen molar-refractivity contribution in [1.29, 1.82) is 0 Å². The van der Waals surface area contributed by atoms with Crippen LogP contribution in [-0.2, 0) is 0 Å². The molecule has 0 spiro atoms. The Kier molecular flexibility index (Phi) is 6.18. The number of nitrogens with one attached hydrogen (secondary N) is 1. The number of hydrogen-bond acceptors (Lipinski definition) is 3. The van der Waals surface area contributed by atoms with Gasteiger partial charge < -0.3 is 5.32 Å². The van der Waals surface area contributed by atoms with E-state index in [1.54, 1.807) is 0 Å². The molecule has 0 amide bonds. The van der Waals surface area contributed by atoms with Crippen molar-refractivity contribution in [3.63, 3.8) is 0 Å². The Morgan fingerprint density at radius 3 is 2.74 bits per heavy atom. The number of hydrogen-bond donors (Lipinski definition) is 1. The molecule has 0 radical (unpaired) electrons. The van der Waals surface area contributed by atoms with E-state index >= 15 is 0 Å². The number of rotatable bonds is 6. The van der Waals surface area contributed by atoms with Crippen LogP contribution in [0.1, 0.15) is 46.0 Å². The summed E-state index contributed by atoms with van der Waals surface area (Å²) in [4.78, 5) is 5.47. The van der Waals surface area contributed by atoms with Crippen molar-refractivity contribution in [3.05, 3.63) is 24.5 Å². The smallest absolute Gasteiger partial charge is 0.0278 e. The molecule has 0 aromatic carbocycles. The quantitative estimate of drug-likeness (QED) is 0.847. The number of aromatic nitrogens is 1. The maximum Gasteiger partial charge on any atom is 0.0278 e. The summed E-state index contributed by atoms with van der Waals surface area (Å²) in [6, 6.07) is 4.95. The maximum atomic E-state index is 4.11. The van der Waals surface area contributed by atoms with Crippen molar-refractivity contribution in [2.45, 2.75) is 62.1 Å². The minimum Gasteiger partial charge on any atom is -0.313 e. The molecule has 1 aliphatic carbocycles. The molecular formula is C16H26N2S. The molecule has 1 aliphatic rings. The molecule has 1 aromatic heterocycles. The number of pyridine rings is 1. The van der Waals surface area contributed by atoms with E-state index in [2.05, 4.69) is 36.3 Å². The molecule has 1 fully saturated rings. The Balaban J connectivity index is 1.98. The largest absolute Gasteiger partial charge is 0.313 e.